The van der Waals surface area contributed by atoms with Gasteiger partial charge in [0.25, 0.3) is 0 Å². The van der Waals surface area contributed by atoms with E-state index in [9.17, 15) is 5.11 Å². The van der Waals surface area contributed by atoms with E-state index >= 15 is 0 Å². The van der Waals surface area contributed by atoms with Crippen LogP contribution in [-0.4, -0.2) is 5.11 Å². The summed E-state index contributed by atoms with van der Waals surface area (Å²) in [7, 11) is -2.51. The summed E-state index contributed by atoms with van der Waals surface area (Å²) in [6.45, 7) is 1.94. The summed E-state index contributed by atoms with van der Waals surface area (Å²) in [6.07, 6.45) is 0. The fraction of sp³-hybridized carbons (Fsp3) is 0.0400. The molecular formula is C25H23OP. The molecule has 0 bridgehead atoms. The summed E-state index contributed by atoms with van der Waals surface area (Å²) in [5.41, 5.74) is 0.899. The molecule has 0 spiro atoms. The first kappa shape index (κ1) is 17.5. The van der Waals surface area contributed by atoms with E-state index in [0.717, 1.165) is 5.56 Å². The molecule has 4 aromatic rings. The van der Waals surface area contributed by atoms with Crippen molar-refractivity contribution in [2.75, 3.05) is 0 Å². The van der Waals surface area contributed by atoms with Crippen molar-refractivity contribution in [1.29, 1.82) is 0 Å². The van der Waals surface area contributed by atoms with Crippen LogP contribution < -0.4 is 21.2 Å². The van der Waals surface area contributed by atoms with Crippen LogP contribution in [0.25, 0.3) is 0 Å². The molecule has 0 aliphatic heterocycles. The summed E-state index contributed by atoms with van der Waals surface area (Å²) in [5.74, 6) is 0.354. The van der Waals surface area contributed by atoms with Crippen LogP contribution in [0.3, 0.4) is 0 Å². The van der Waals surface area contributed by atoms with E-state index in [1.54, 1.807) is 0 Å². The fourth-order valence-electron chi connectivity index (χ4n) is 3.91. The minimum atomic E-state index is -2.51. The van der Waals surface area contributed by atoms with Crippen LogP contribution in [0.1, 0.15) is 5.56 Å². The summed E-state index contributed by atoms with van der Waals surface area (Å²) < 4.78 is 0. The molecule has 0 unspecified atom stereocenters. The SMILES string of the molecule is Cc1ccc([PH](c2ccccc2)(c2ccccc2)c2ccccc2)cc1O. The van der Waals surface area contributed by atoms with Gasteiger partial charge in [-0.1, -0.05) is 0 Å². The molecule has 0 amide bonds. The summed E-state index contributed by atoms with van der Waals surface area (Å²) in [5, 5.41) is 15.6. The molecule has 0 fully saturated rings. The van der Waals surface area contributed by atoms with Crippen LogP contribution in [-0.2, 0) is 0 Å². The zero-order chi connectivity index (χ0) is 18.7. The Morgan fingerprint density at radius 3 is 1.30 bits per heavy atom. The molecule has 4 aromatic carbocycles. The number of rotatable bonds is 4. The Balaban J connectivity index is 2.14. The normalized spacial score (nSPS) is 11.9. The van der Waals surface area contributed by atoms with Gasteiger partial charge in [-0.2, -0.15) is 0 Å². The van der Waals surface area contributed by atoms with Crippen LogP contribution in [0.2, 0.25) is 0 Å². The number of phenols is 1. The third-order valence-corrected chi connectivity index (χ3v) is 10.0. The Morgan fingerprint density at radius 2 is 0.926 bits per heavy atom. The van der Waals surface area contributed by atoms with Gasteiger partial charge in [-0.05, 0) is 0 Å². The molecule has 4 rings (SSSR count). The average molecular weight is 370 g/mol. The average Bonchev–Trinajstić information content (AvgIpc) is 2.74. The molecule has 134 valence electrons. The second-order valence-corrected chi connectivity index (χ2v) is 10.7. The number of phenolic OH excluding ortho intramolecular Hbond substituents is 1. The molecule has 27 heavy (non-hydrogen) atoms. The van der Waals surface area contributed by atoms with Gasteiger partial charge < -0.3 is 0 Å². The van der Waals surface area contributed by atoms with Gasteiger partial charge in [0, 0.05) is 0 Å². The molecule has 0 aliphatic rings. The Kier molecular flexibility index (Phi) is 4.79. The van der Waals surface area contributed by atoms with Gasteiger partial charge in [-0.3, -0.25) is 0 Å². The molecule has 1 nitrogen and oxygen atoms in total. The summed E-state index contributed by atoms with van der Waals surface area (Å²) >= 11 is 0. The van der Waals surface area contributed by atoms with Gasteiger partial charge in [0.15, 0.2) is 0 Å². The van der Waals surface area contributed by atoms with Crippen LogP contribution in [0.15, 0.2) is 109 Å². The Hall–Kier alpha value is -2.89. The fourth-order valence-corrected chi connectivity index (χ4v) is 8.67. The monoisotopic (exact) mass is 370 g/mol. The maximum atomic E-state index is 10.5. The van der Waals surface area contributed by atoms with Gasteiger partial charge in [-0.25, -0.2) is 0 Å². The zero-order valence-electron chi connectivity index (χ0n) is 15.3. The van der Waals surface area contributed by atoms with Crippen molar-refractivity contribution < 1.29 is 5.11 Å². The number of aryl methyl sites for hydroxylation is 1. The first-order valence-corrected chi connectivity index (χ1v) is 11.2. The van der Waals surface area contributed by atoms with Gasteiger partial charge in [0.2, 0.25) is 0 Å². The van der Waals surface area contributed by atoms with Gasteiger partial charge in [0.05, 0.1) is 0 Å². The molecule has 0 heterocycles. The summed E-state index contributed by atoms with van der Waals surface area (Å²) in [6, 6.07) is 38.4. The second kappa shape index (κ2) is 7.39. The molecule has 0 aromatic heterocycles. The van der Waals surface area contributed by atoms with Crippen molar-refractivity contribution in [3.63, 3.8) is 0 Å². The first-order valence-electron chi connectivity index (χ1n) is 9.19. The number of hydrogen-bond acceptors (Lipinski definition) is 1. The summed E-state index contributed by atoms with van der Waals surface area (Å²) in [4.78, 5) is 0. The Bertz CT molecular complexity index is 931. The van der Waals surface area contributed by atoms with Crippen LogP contribution in [0, 0.1) is 6.92 Å². The van der Waals surface area contributed by atoms with E-state index in [1.807, 2.05) is 19.1 Å². The van der Waals surface area contributed by atoms with Crippen molar-refractivity contribution in [2.24, 2.45) is 0 Å². The second-order valence-electron chi connectivity index (χ2n) is 6.85. The molecule has 1 N–H and O–H groups in total. The van der Waals surface area contributed by atoms with E-state index < -0.39 is 7.26 Å². The van der Waals surface area contributed by atoms with E-state index in [4.69, 9.17) is 0 Å². The third kappa shape index (κ3) is 3.05. The maximum absolute atomic E-state index is 10.5. The molecule has 0 atom stereocenters. The molecule has 0 saturated heterocycles. The van der Waals surface area contributed by atoms with E-state index in [2.05, 4.69) is 97.1 Å². The minimum absolute atomic E-state index is 0.354. The first-order chi connectivity index (χ1) is 13.2. The Morgan fingerprint density at radius 1 is 0.519 bits per heavy atom. The predicted molar refractivity (Wildman–Crippen MR) is 119 cm³/mol. The van der Waals surface area contributed by atoms with Crippen LogP contribution in [0.5, 0.6) is 5.75 Å². The van der Waals surface area contributed by atoms with Gasteiger partial charge in [0.1, 0.15) is 0 Å². The van der Waals surface area contributed by atoms with Crippen LogP contribution >= 0.6 is 7.26 Å². The standard InChI is InChI=1S/C25H23OP/c1-20-17-18-24(19-25(20)26)27(21-11-5-2-6-12-21,22-13-7-3-8-14-22)23-15-9-4-10-16-23/h2-19,26-27H,1H3. The number of aromatic hydroxyl groups is 1. The quantitative estimate of drug-likeness (QED) is 0.538. The predicted octanol–water partition coefficient (Wildman–Crippen LogP) is 4.05. The van der Waals surface area contributed by atoms with Crippen molar-refractivity contribution in [3.05, 3.63) is 115 Å². The topological polar surface area (TPSA) is 20.2 Å². The molecule has 0 aliphatic carbocycles. The molecular weight excluding hydrogens is 347 g/mol. The van der Waals surface area contributed by atoms with E-state index in [0.29, 0.717) is 5.75 Å². The third-order valence-electron chi connectivity index (χ3n) is 5.26. The molecule has 0 saturated carbocycles. The zero-order valence-corrected chi connectivity index (χ0v) is 16.3. The van der Waals surface area contributed by atoms with Gasteiger partial charge >= 0.3 is 161 Å². The van der Waals surface area contributed by atoms with Crippen molar-refractivity contribution in [3.8, 4) is 5.75 Å². The van der Waals surface area contributed by atoms with Crippen LogP contribution in [0.4, 0.5) is 0 Å². The number of hydrogen-bond donors (Lipinski definition) is 1. The van der Waals surface area contributed by atoms with Crippen molar-refractivity contribution in [1.82, 2.24) is 0 Å². The van der Waals surface area contributed by atoms with E-state index in [1.165, 1.54) is 21.2 Å². The molecule has 0 radical (unpaired) electrons. The van der Waals surface area contributed by atoms with E-state index in [-0.39, 0.29) is 0 Å². The van der Waals surface area contributed by atoms with Crippen molar-refractivity contribution >= 4 is 28.5 Å². The van der Waals surface area contributed by atoms with Crippen molar-refractivity contribution in [2.45, 2.75) is 6.92 Å². The number of benzene rings is 4. The van der Waals surface area contributed by atoms with Gasteiger partial charge in [-0.15, -0.1) is 0 Å². The Labute approximate surface area is 161 Å². The molecule has 2 heteroatoms.